The molecule has 5 heteroatoms. The molecule has 0 bridgehead atoms. The number of hydrogen-bond acceptors (Lipinski definition) is 2. The van der Waals surface area contributed by atoms with Gasteiger partial charge in [-0.15, -0.1) is 0 Å². The van der Waals surface area contributed by atoms with Gasteiger partial charge in [0, 0.05) is 19.3 Å². The minimum atomic E-state index is -0.497. The smallest absolute Gasteiger partial charge is 0.0772 e. The maximum absolute atomic E-state index is 9.59. The molecule has 100 valence electrons. The Kier molecular flexibility index (Phi) is 5.21. The molecule has 0 fully saturated rings. The van der Waals surface area contributed by atoms with Crippen molar-refractivity contribution in [2.75, 3.05) is 0 Å². The van der Waals surface area contributed by atoms with Crippen molar-refractivity contribution >= 4 is 50.9 Å². The lowest BCUT2D eigenvalue weighted by Crippen LogP contribution is -1.92. The Morgan fingerprint density at radius 3 is 2.53 bits per heavy atom. The topological polar surface area (TPSA) is 20.2 Å². The van der Waals surface area contributed by atoms with Crippen LogP contribution in [0.1, 0.15) is 18.6 Å². The minimum absolute atomic E-state index is 0.497. The first-order valence-electron chi connectivity index (χ1n) is 5.58. The van der Waals surface area contributed by atoms with Crippen molar-refractivity contribution in [1.82, 2.24) is 0 Å². The molecule has 1 N–H and O–H groups in total. The number of hydrogen-bond donors (Lipinski definition) is 1. The fourth-order valence-corrected chi connectivity index (χ4v) is 3.84. The molecule has 0 saturated carbocycles. The van der Waals surface area contributed by atoms with Crippen molar-refractivity contribution < 1.29 is 5.11 Å². The van der Waals surface area contributed by atoms with E-state index in [1.807, 2.05) is 24.3 Å². The van der Waals surface area contributed by atoms with Crippen LogP contribution >= 0.6 is 50.9 Å². The lowest BCUT2D eigenvalue weighted by molar-refractivity contribution is 0.198. The Labute approximate surface area is 135 Å². The van der Waals surface area contributed by atoms with Gasteiger partial charge >= 0.3 is 0 Å². The van der Waals surface area contributed by atoms with Gasteiger partial charge in [-0.25, -0.2) is 0 Å². The highest BCUT2D eigenvalue weighted by Crippen LogP contribution is 2.37. The molecule has 0 radical (unpaired) electrons. The summed E-state index contributed by atoms with van der Waals surface area (Å²) >= 11 is 17.1. The number of aliphatic hydroxyl groups excluding tert-OH is 1. The van der Waals surface area contributed by atoms with Gasteiger partial charge in [0.15, 0.2) is 0 Å². The summed E-state index contributed by atoms with van der Waals surface area (Å²) in [6.07, 6.45) is -0.497. The molecule has 0 amide bonds. The normalized spacial score (nSPS) is 12.5. The van der Waals surface area contributed by atoms with Gasteiger partial charge in [0.05, 0.1) is 11.1 Å². The Morgan fingerprint density at radius 2 is 1.89 bits per heavy atom. The number of aliphatic hydroxyl groups is 1. The van der Waals surface area contributed by atoms with Crippen LogP contribution in [-0.2, 0) is 0 Å². The van der Waals surface area contributed by atoms with Gasteiger partial charge in [-0.3, -0.25) is 0 Å². The van der Waals surface area contributed by atoms with E-state index in [0.717, 1.165) is 19.8 Å². The van der Waals surface area contributed by atoms with Crippen LogP contribution in [0.4, 0.5) is 0 Å². The van der Waals surface area contributed by atoms with E-state index in [4.69, 9.17) is 23.2 Å². The van der Waals surface area contributed by atoms with E-state index in [1.165, 1.54) is 11.8 Å². The summed E-state index contributed by atoms with van der Waals surface area (Å²) in [7, 11) is 0. The van der Waals surface area contributed by atoms with Gasteiger partial charge in [0.1, 0.15) is 0 Å². The molecule has 1 nitrogen and oxygen atoms in total. The minimum Gasteiger partial charge on any atom is -0.389 e. The summed E-state index contributed by atoms with van der Waals surface area (Å²) in [6, 6.07) is 11.2. The lowest BCUT2D eigenvalue weighted by Gasteiger charge is -2.10. The maximum atomic E-state index is 9.59. The molecule has 0 spiro atoms. The second kappa shape index (κ2) is 6.51. The average Bonchev–Trinajstić information content (AvgIpc) is 2.33. The summed E-state index contributed by atoms with van der Waals surface area (Å²) in [5.74, 6) is 0. The van der Waals surface area contributed by atoms with Gasteiger partial charge in [-0.05, 0) is 42.8 Å². The van der Waals surface area contributed by atoms with Crippen molar-refractivity contribution in [2.24, 2.45) is 0 Å². The second-order valence-corrected chi connectivity index (χ2v) is 6.85. The van der Waals surface area contributed by atoms with Crippen molar-refractivity contribution in [3.8, 4) is 0 Å². The van der Waals surface area contributed by atoms with Gasteiger partial charge in [-0.2, -0.15) is 0 Å². The summed E-state index contributed by atoms with van der Waals surface area (Å²) in [5, 5.41) is 10.9. The third kappa shape index (κ3) is 3.89. The van der Waals surface area contributed by atoms with E-state index in [0.29, 0.717) is 10.0 Å². The molecule has 0 aliphatic rings. The summed E-state index contributed by atoms with van der Waals surface area (Å²) in [6.45, 7) is 1.74. The van der Waals surface area contributed by atoms with Crippen LogP contribution in [0.25, 0.3) is 0 Å². The highest BCUT2D eigenvalue weighted by Gasteiger charge is 2.09. The first kappa shape index (κ1) is 15.2. The lowest BCUT2D eigenvalue weighted by atomic mass is 10.1. The molecule has 0 aliphatic heterocycles. The van der Waals surface area contributed by atoms with Crippen LogP contribution in [0.3, 0.4) is 0 Å². The van der Waals surface area contributed by atoms with Gasteiger partial charge in [0.25, 0.3) is 0 Å². The Hall–Kier alpha value is -0.190. The molecular weight excluding hydrogens is 367 g/mol. The van der Waals surface area contributed by atoms with Crippen LogP contribution < -0.4 is 0 Å². The Balaban J connectivity index is 2.29. The Bertz CT molecular complexity index is 602. The highest BCUT2D eigenvalue weighted by atomic mass is 79.9. The highest BCUT2D eigenvalue weighted by molar-refractivity contribution is 9.10. The fourth-order valence-electron chi connectivity index (χ4n) is 1.59. The molecule has 0 heterocycles. The largest absolute Gasteiger partial charge is 0.389 e. The summed E-state index contributed by atoms with van der Waals surface area (Å²) in [5.41, 5.74) is 0.863. The molecular formula is C14H11BrCl2OS. The third-order valence-corrected chi connectivity index (χ3v) is 4.95. The van der Waals surface area contributed by atoms with E-state index < -0.39 is 6.10 Å². The van der Waals surface area contributed by atoms with Crippen molar-refractivity contribution in [2.45, 2.75) is 22.8 Å². The van der Waals surface area contributed by atoms with Gasteiger partial charge in [-0.1, -0.05) is 57.0 Å². The van der Waals surface area contributed by atoms with Crippen LogP contribution in [-0.4, -0.2) is 5.11 Å². The molecule has 0 aromatic heterocycles. The van der Waals surface area contributed by atoms with Gasteiger partial charge < -0.3 is 5.11 Å². The van der Waals surface area contributed by atoms with Crippen molar-refractivity contribution in [3.05, 3.63) is 56.5 Å². The summed E-state index contributed by atoms with van der Waals surface area (Å²) in [4.78, 5) is 1.94. The van der Waals surface area contributed by atoms with Crippen molar-refractivity contribution in [3.63, 3.8) is 0 Å². The first-order valence-corrected chi connectivity index (χ1v) is 7.94. The molecule has 2 rings (SSSR count). The third-order valence-electron chi connectivity index (χ3n) is 2.54. The van der Waals surface area contributed by atoms with Crippen LogP contribution in [0.5, 0.6) is 0 Å². The van der Waals surface area contributed by atoms with Crippen LogP contribution in [0, 0.1) is 0 Å². The van der Waals surface area contributed by atoms with E-state index >= 15 is 0 Å². The maximum Gasteiger partial charge on any atom is 0.0772 e. The van der Waals surface area contributed by atoms with E-state index in [1.54, 1.807) is 19.1 Å². The standard InChI is InChI=1S/C14H11BrCl2OS/c1-8(18)11-4-3-10(7-12(11)15)19-14-6-9(16)2-5-13(14)17/h2-8,18H,1H3. The first-order chi connectivity index (χ1) is 8.97. The quantitative estimate of drug-likeness (QED) is 0.711. The van der Waals surface area contributed by atoms with E-state index in [9.17, 15) is 5.11 Å². The number of rotatable bonds is 3. The summed E-state index contributed by atoms with van der Waals surface area (Å²) < 4.78 is 0.880. The zero-order valence-corrected chi connectivity index (χ0v) is 13.9. The van der Waals surface area contributed by atoms with E-state index in [2.05, 4.69) is 15.9 Å². The second-order valence-electron chi connectivity index (χ2n) is 4.04. The van der Waals surface area contributed by atoms with Crippen LogP contribution in [0.15, 0.2) is 50.7 Å². The van der Waals surface area contributed by atoms with Crippen molar-refractivity contribution in [1.29, 1.82) is 0 Å². The van der Waals surface area contributed by atoms with Crippen LogP contribution in [0.2, 0.25) is 10.0 Å². The predicted octanol–water partition coefficient (Wildman–Crippen LogP) is 5.96. The average molecular weight is 378 g/mol. The van der Waals surface area contributed by atoms with E-state index in [-0.39, 0.29) is 0 Å². The zero-order chi connectivity index (χ0) is 14.0. The number of benzene rings is 2. The molecule has 0 saturated heterocycles. The fraction of sp³-hybridized carbons (Fsp3) is 0.143. The molecule has 1 unspecified atom stereocenters. The molecule has 2 aromatic rings. The van der Waals surface area contributed by atoms with Gasteiger partial charge in [0.2, 0.25) is 0 Å². The number of halogens is 3. The molecule has 1 atom stereocenters. The Morgan fingerprint density at radius 1 is 1.16 bits per heavy atom. The predicted molar refractivity (Wildman–Crippen MR) is 85.4 cm³/mol. The SMILES string of the molecule is CC(O)c1ccc(Sc2cc(Cl)ccc2Cl)cc1Br. The molecule has 19 heavy (non-hydrogen) atoms. The monoisotopic (exact) mass is 376 g/mol. The molecule has 2 aromatic carbocycles. The molecule has 0 aliphatic carbocycles. The zero-order valence-electron chi connectivity index (χ0n) is 10.0.